The molecule has 1 atom stereocenters. The molecule has 0 saturated carbocycles. The molecule has 16 heavy (non-hydrogen) atoms. The van der Waals surface area contributed by atoms with E-state index in [1.807, 2.05) is 0 Å². The standard InChI is InChI=1S/C12H24N2O2/c1-10-9-14(8-7-13(10)4)6-5-12(2,3)11(15)16/h10H,5-9H2,1-4H3,(H,15,16). The van der Waals surface area contributed by atoms with Gasteiger partial charge in [0.2, 0.25) is 0 Å². The van der Waals surface area contributed by atoms with Gasteiger partial charge in [-0.15, -0.1) is 0 Å². The number of carboxylic acids is 1. The Hall–Kier alpha value is -0.610. The summed E-state index contributed by atoms with van der Waals surface area (Å²) in [6, 6.07) is 0.571. The lowest BCUT2D eigenvalue weighted by molar-refractivity contribution is -0.147. The van der Waals surface area contributed by atoms with Crippen LogP contribution in [0.2, 0.25) is 0 Å². The summed E-state index contributed by atoms with van der Waals surface area (Å²) in [6.45, 7) is 9.88. The van der Waals surface area contributed by atoms with E-state index in [0.29, 0.717) is 6.04 Å². The largest absolute Gasteiger partial charge is 0.481 e. The summed E-state index contributed by atoms with van der Waals surface area (Å²) >= 11 is 0. The summed E-state index contributed by atoms with van der Waals surface area (Å²) in [5, 5.41) is 9.04. The third-order valence-electron chi connectivity index (χ3n) is 3.68. The summed E-state index contributed by atoms with van der Waals surface area (Å²) in [5.74, 6) is -0.699. The van der Waals surface area contributed by atoms with Gasteiger partial charge in [-0.3, -0.25) is 4.79 Å². The van der Waals surface area contributed by atoms with Crippen LogP contribution in [0.3, 0.4) is 0 Å². The molecule has 1 aliphatic heterocycles. The van der Waals surface area contributed by atoms with Gasteiger partial charge in [0, 0.05) is 25.7 Å². The first kappa shape index (κ1) is 13.5. The third-order valence-corrected chi connectivity index (χ3v) is 3.68. The van der Waals surface area contributed by atoms with Crippen LogP contribution in [0.4, 0.5) is 0 Å². The first-order chi connectivity index (χ1) is 7.33. The molecule has 1 unspecified atom stereocenters. The predicted octanol–water partition coefficient (Wildman–Crippen LogP) is 1.12. The van der Waals surface area contributed by atoms with Crippen molar-refractivity contribution >= 4 is 5.97 Å². The molecule has 0 spiro atoms. The van der Waals surface area contributed by atoms with Crippen LogP contribution in [0.15, 0.2) is 0 Å². The highest BCUT2D eigenvalue weighted by atomic mass is 16.4. The molecule has 94 valence electrons. The van der Waals surface area contributed by atoms with Crippen LogP contribution < -0.4 is 0 Å². The fraction of sp³-hybridized carbons (Fsp3) is 0.917. The van der Waals surface area contributed by atoms with Gasteiger partial charge in [-0.25, -0.2) is 0 Å². The van der Waals surface area contributed by atoms with E-state index in [0.717, 1.165) is 32.6 Å². The molecule has 0 bridgehead atoms. The number of likely N-dealkylation sites (N-methyl/N-ethyl adjacent to an activating group) is 1. The van der Waals surface area contributed by atoms with Crippen molar-refractivity contribution in [1.82, 2.24) is 9.80 Å². The minimum atomic E-state index is -0.699. The van der Waals surface area contributed by atoms with Crippen LogP contribution in [0.5, 0.6) is 0 Å². The normalized spacial score (nSPS) is 24.6. The highest BCUT2D eigenvalue weighted by Crippen LogP contribution is 2.21. The van der Waals surface area contributed by atoms with Gasteiger partial charge in [0.15, 0.2) is 0 Å². The van der Waals surface area contributed by atoms with Crippen LogP contribution in [-0.4, -0.2) is 60.1 Å². The van der Waals surface area contributed by atoms with E-state index in [2.05, 4.69) is 23.8 Å². The van der Waals surface area contributed by atoms with Crippen molar-refractivity contribution in [2.75, 3.05) is 33.2 Å². The molecule has 1 fully saturated rings. The molecule has 1 N–H and O–H groups in total. The minimum Gasteiger partial charge on any atom is -0.481 e. The summed E-state index contributed by atoms with van der Waals surface area (Å²) in [5.41, 5.74) is -0.605. The summed E-state index contributed by atoms with van der Waals surface area (Å²) in [6.07, 6.45) is 0.721. The van der Waals surface area contributed by atoms with E-state index in [1.165, 1.54) is 0 Å². The number of carbonyl (C=O) groups is 1. The lowest BCUT2D eigenvalue weighted by Gasteiger charge is -2.38. The average Bonchev–Trinajstić information content (AvgIpc) is 2.20. The average molecular weight is 228 g/mol. The lowest BCUT2D eigenvalue weighted by Crippen LogP contribution is -2.50. The highest BCUT2D eigenvalue weighted by molar-refractivity contribution is 5.73. The Bertz CT molecular complexity index is 253. The molecular formula is C12H24N2O2. The zero-order chi connectivity index (χ0) is 12.3. The van der Waals surface area contributed by atoms with Gasteiger partial charge < -0.3 is 14.9 Å². The van der Waals surface area contributed by atoms with Crippen LogP contribution in [0, 0.1) is 5.41 Å². The molecule has 0 amide bonds. The minimum absolute atomic E-state index is 0.571. The summed E-state index contributed by atoms with van der Waals surface area (Å²) in [7, 11) is 2.14. The molecular weight excluding hydrogens is 204 g/mol. The molecule has 1 heterocycles. The van der Waals surface area contributed by atoms with E-state index in [-0.39, 0.29) is 0 Å². The van der Waals surface area contributed by atoms with E-state index < -0.39 is 11.4 Å². The molecule has 0 aliphatic carbocycles. The monoisotopic (exact) mass is 228 g/mol. The van der Waals surface area contributed by atoms with Crippen LogP contribution in [0.25, 0.3) is 0 Å². The van der Waals surface area contributed by atoms with Crippen molar-refractivity contribution in [1.29, 1.82) is 0 Å². The molecule has 1 saturated heterocycles. The van der Waals surface area contributed by atoms with Gasteiger partial charge in [0.05, 0.1) is 5.41 Å². The maximum Gasteiger partial charge on any atom is 0.309 e. The summed E-state index contributed by atoms with van der Waals surface area (Å²) in [4.78, 5) is 15.7. The van der Waals surface area contributed by atoms with E-state index in [1.54, 1.807) is 13.8 Å². The van der Waals surface area contributed by atoms with Crippen LogP contribution in [-0.2, 0) is 4.79 Å². The van der Waals surface area contributed by atoms with Crippen LogP contribution >= 0.6 is 0 Å². The fourth-order valence-corrected chi connectivity index (χ4v) is 1.87. The molecule has 0 aromatic heterocycles. The predicted molar refractivity (Wildman–Crippen MR) is 64.6 cm³/mol. The molecule has 4 heteroatoms. The van der Waals surface area contributed by atoms with E-state index in [4.69, 9.17) is 5.11 Å². The molecule has 0 radical (unpaired) electrons. The van der Waals surface area contributed by atoms with Gasteiger partial charge in [-0.2, -0.15) is 0 Å². The smallest absolute Gasteiger partial charge is 0.309 e. The Morgan fingerprint density at radius 1 is 1.44 bits per heavy atom. The first-order valence-corrected chi connectivity index (χ1v) is 5.99. The third kappa shape index (κ3) is 3.46. The number of piperazine rings is 1. The Balaban J connectivity index is 2.36. The summed E-state index contributed by atoms with van der Waals surface area (Å²) < 4.78 is 0. The topological polar surface area (TPSA) is 43.8 Å². The Labute approximate surface area is 98.2 Å². The maximum atomic E-state index is 11.0. The second-order valence-corrected chi connectivity index (χ2v) is 5.57. The number of aliphatic carboxylic acids is 1. The second kappa shape index (κ2) is 5.15. The maximum absolute atomic E-state index is 11.0. The van der Waals surface area contributed by atoms with Crippen molar-refractivity contribution in [3.05, 3.63) is 0 Å². The highest BCUT2D eigenvalue weighted by Gasteiger charge is 2.28. The number of hydrogen-bond donors (Lipinski definition) is 1. The quantitative estimate of drug-likeness (QED) is 0.783. The van der Waals surface area contributed by atoms with Gasteiger partial charge in [-0.05, 0) is 40.8 Å². The van der Waals surface area contributed by atoms with Gasteiger partial charge in [0.1, 0.15) is 0 Å². The number of nitrogens with zero attached hydrogens (tertiary/aromatic N) is 2. The number of carboxylic acid groups (broad SMARTS) is 1. The Kier molecular flexibility index (Phi) is 4.33. The SMILES string of the molecule is CC1CN(CCC(C)(C)C(=O)O)CCN1C. The molecule has 1 rings (SSSR count). The molecule has 4 nitrogen and oxygen atoms in total. The lowest BCUT2D eigenvalue weighted by atomic mass is 9.89. The number of rotatable bonds is 4. The molecule has 0 aromatic carbocycles. The molecule has 0 aromatic rings. The molecule has 1 aliphatic rings. The number of hydrogen-bond acceptors (Lipinski definition) is 3. The second-order valence-electron chi connectivity index (χ2n) is 5.57. The van der Waals surface area contributed by atoms with E-state index >= 15 is 0 Å². The van der Waals surface area contributed by atoms with Crippen molar-refractivity contribution in [2.24, 2.45) is 5.41 Å². The van der Waals surface area contributed by atoms with E-state index in [9.17, 15) is 4.79 Å². The van der Waals surface area contributed by atoms with Crippen molar-refractivity contribution in [2.45, 2.75) is 33.2 Å². The zero-order valence-corrected chi connectivity index (χ0v) is 10.9. The Morgan fingerprint density at radius 3 is 2.56 bits per heavy atom. The van der Waals surface area contributed by atoms with Crippen molar-refractivity contribution < 1.29 is 9.90 Å². The van der Waals surface area contributed by atoms with Crippen molar-refractivity contribution in [3.63, 3.8) is 0 Å². The fourth-order valence-electron chi connectivity index (χ4n) is 1.87. The van der Waals surface area contributed by atoms with Crippen molar-refractivity contribution in [3.8, 4) is 0 Å². The Morgan fingerprint density at radius 2 is 2.06 bits per heavy atom. The van der Waals surface area contributed by atoms with Gasteiger partial charge in [-0.1, -0.05) is 0 Å². The zero-order valence-electron chi connectivity index (χ0n) is 10.9. The van der Waals surface area contributed by atoms with Gasteiger partial charge >= 0.3 is 5.97 Å². The van der Waals surface area contributed by atoms with Gasteiger partial charge in [0.25, 0.3) is 0 Å². The van der Waals surface area contributed by atoms with Crippen LogP contribution in [0.1, 0.15) is 27.2 Å². The first-order valence-electron chi connectivity index (χ1n) is 5.99.